The van der Waals surface area contributed by atoms with Gasteiger partial charge in [0.15, 0.2) is 0 Å². The first-order chi connectivity index (χ1) is 10.4. The van der Waals surface area contributed by atoms with Crippen LogP contribution in [0.1, 0.15) is 15.9 Å². The third-order valence-corrected chi connectivity index (χ3v) is 4.32. The molecule has 0 radical (unpaired) electrons. The quantitative estimate of drug-likeness (QED) is 0.700. The van der Waals surface area contributed by atoms with Crippen LogP contribution < -0.4 is 10.5 Å². The normalized spacial score (nSPS) is 11.1. The average Bonchev–Trinajstić information content (AvgIpc) is 2.48. The second kappa shape index (κ2) is 6.48. The fourth-order valence-corrected chi connectivity index (χ4v) is 3.00. The van der Waals surface area contributed by atoms with Crippen LogP contribution in [0.4, 0.5) is 5.69 Å². The number of carbonyl (C=O) groups is 1. The van der Waals surface area contributed by atoms with Crippen molar-refractivity contribution in [2.75, 3.05) is 10.5 Å². The number of sulfonamides is 1. The van der Waals surface area contributed by atoms with Crippen LogP contribution >= 0.6 is 0 Å². The van der Waals surface area contributed by atoms with Crippen LogP contribution in [0.2, 0.25) is 0 Å². The minimum atomic E-state index is -3.61. The monoisotopic (exact) mass is 320 g/mol. The van der Waals surface area contributed by atoms with E-state index < -0.39 is 15.9 Å². The Morgan fingerprint density at radius 2 is 1.82 bits per heavy atom. The molecule has 22 heavy (non-hydrogen) atoms. The molecule has 0 fully saturated rings. The number of anilines is 1. The molecule has 1 amide bonds. The van der Waals surface area contributed by atoms with E-state index in [2.05, 4.69) is 4.72 Å². The van der Waals surface area contributed by atoms with Crippen molar-refractivity contribution >= 4 is 21.6 Å². The standard InChI is InChI=1S/C15H16N2O4S/c16-15(19)12-6-7-13(14(18)10-12)17-22(20,21)9-8-11-4-2-1-3-5-11/h1-7,10,17-18H,8-9H2,(H2,16,19). The summed E-state index contributed by atoms with van der Waals surface area (Å²) in [6.07, 6.45) is 0.357. The minimum absolute atomic E-state index is 0.0121. The van der Waals surface area contributed by atoms with Gasteiger partial charge in [-0.05, 0) is 30.2 Å². The van der Waals surface area contributed by atoms with Gasteiger partial charge in [-0.15, -0.1) is 0 Å². The van der Waals surface area contributed by atoms with E-state index in [0.29, 0.717) is 6.42 Å². The van der Waals surface area contributed by atoms with Crippen molar-refractivity contribution in [2.45, 2.75) is 6.42 Å². The minimum Gasteiger partial charge on any atom is -0.506 e. The number of benzene rings is 2. The number of carbonyl (C=O) groups excluding carboxylic acids is 1. The zero-order valence-electron chi connectivity index (χ0n) is 11.7. The van der Waals surface area contributed by atoms with Gasteiger partial charge in [0.05, 0.1) is 11.4 Å². The lowest BCUT2D eigenvalue weighted by Crippen LogP contribution is -2.18. The summed E-state index contributed by atoms with van der Waals surface area (Å²) >= 11 is 0. The number of rotatable bonds is 6. The van der Waals surface area contributed by atoms with Crippen LogP contribution in [0, 0.1) is 0 Å². The number of aryl methyl sites for hydroxylation is 1. The van der Waals surface area contributed by atoms with Gasteiger partial charge in [-0.3, -0.25) is 9.52 Å². The summed E-state index contributed by atoms with van der Waals surface area (Å²) in [5.74, 6) is -1.16. The van der Waals surface area contributed by atoms with Gasteiger partial charge < -0.3 is 10.8 Å². The number of aromatic hydroxyl groups is 1. The van der Waals surface area contributed by atoms with Crippen molar-refractivity contribution in [2.24, 2.45) is 5.73 Å². The Labute approximate surface area is 128 Å². The van der Waals surface area contributed by atoms with E-state index in [4.69, 9.17) is 5.73 Å². The first-order valence-corrected chi connectivity index (χ1v) is 8.20. The van der Waals surface area contributed by atoms with Crippen molar-refractivity contribution in [1.82, 2.24) is 0 Å². The van der Waals surface area contributed by atoms with Crippen molar-refractivity contribution in [1.29, 1.82) is 0 Å². The Bertz CT molecular complexity index is 773. The summed E-state index contributed by atoms with van der Waals surface area (Å²) in [4.78, 5) is 11.0. The van der Waals surface area contributed by atoms with Gasteiger partial charge in [0.25, 0.3) is 0 Å². The van der Waals surface area contributed by atoms with E-state index in [1.165, 1.54) is 12.1 Å². The number of hydrogen-bond donors (Lipinski definition) is 3. The second-order valence-corrected chi connectivity index (χ2v) is 6.59. The summed E-state index contributed by atoms with van der Waals surface area (Å²) in [5.41, 5.74) is 6.10. The highest BCUT2D eigenvalue weighted by Gasteiger charge is 2.14. The number of phenolic OH excluding ortho intramolecular Hbond substituents is 1. The fraction of sp³-hybridized carbons (Fsp3) is 0.133. The van der Waals surface area contributed by atoms with Gasteiger partial charge in [0, 0.05) is 5.56 Å². The number of amides is 1. The second-order valence-electron chi connectivity index (χ2n) is 4.75. The van der Waals surface area contributed by atoms with Crippen LogP contribution in [0.15, 0.2) is 48.5 Å². The maximum absolute atomic E-state index is 12.0. The summed E-state index contributed by atoms with van der Waals surface area (Å²) in [6, 6.07) is 13.0. The maximum atomic E-state index is 12.0. The largest absolute Gasteiger partial charge is 0.506 e. The van der Waals surface area contributed by atoms with E-state index in [9.17, 15) is 18.3 Å². The summed E-state index contributed by atoms with van der Waals surface area (Å²) in [7, 11) is -3.61. The number of nitrogens with one attached hydrogen (secondary N) is 1. The molecule has 2 rings (SSSR count). The van der Waals surface area contributed by atoms with Crippen LogP contribution in [0.3, 0.4) is 0 Å². The molecule has 0 aliphatic carbocycles. The van der Waals surface area contributed by atoms with Crippen molar-refractivity contribution in [3.8, 4) is 5.75 Å². The Morgan fingerprint density at radius 3 is 2.41 bits per heavy atom. The van der Waals surface area contributed by atoms with E-state index >= 15 is 0 Å². The molecular formula is C15H16N2O4S. The third kappa shape index (κ3) is 4.23. The predicted molar refractivity (Wildman–Crippen MR) is 84.2 cm³/mol. The van der Waals surface area contributed by atoms with Gasteiger partial charge in [0.2, 0.25) is 15.9 Å². The molecule has 6 nitrogen and oxygen atoms in total. The molecule has 0 unspecified atom stereocenters. The van der Waals surface area contributed by atoms with E-state index in [1.807, 2.05) is 30.3 Å². The molecule has 7 heteroatoms. The molecule has 0 spiro atoms. The molecule has 0 saturated heterocycles. The average molecular weight is 320 g/mol. The Balaban J connectivity index is 2.07. The van der Waals surface area contributed by atoms with Crippen LogP contribution in [0.5, 0.6) is 5.75 Å². The summed E-state index contributed by atoms with van der Waals surface area (Å²) in [6.45, 7) is 0. The summed E-state index contributed by atoms with van der Waals surface area (Å²) < 4.78 is 26.4. The van der Waals surface area contributed by atoms with Crippen LogP contribution in [-0.2, 0) is 16.4 Å². The fourth-order valence-electron chi connectivity index (χ4n) is 1.89. The van der Waals surface area contributed by atoms with Gasteiger partial charge in [-0.25, -0.2) is 8.42 Å². The number of nitrogens with two attached hydrogens (primary N) is 1. The molecule has 0 aliphatic heterocycles. The zero-order valence-corrected chi connectivity index (χ0v) is 12.5. The van der Waals surface area contributed by atoms with Crippen LogP contribution in [-0.4, -0.2) is 25.2 Å². The van der Waals surface area contributed by atoms with Gasteiger partial charge in [0.1, 0.15) is 5.75 Å². The molecule has 0 bridgehead atoms. The molecule has 116 valence electrons. The van der Waals surface area contributed by atoms with E-state index in [0.717, 1.165) is 11.6 Å². The van der Waals surface area contributed by atoms with Crippen molar-refractivity contribution < 1.29 is 18.3 Å². The lowest BCUT2D eigenvalue weighted by Gasteiger charge is -2.10. The lowest BCUT2D eigenvalue weighted by molar-refractivity contribution is 0.1000. The van der Waals surface area contributed by atoms with Gasteiger partial charge >= 0.3 is 0 Å². The zero-order chi connectivity index (χ0) is 16.2. The molecule has 4 N–H and O–H groups in total. The van der Waals surface area contributed by atoms with Crippen LogP contribution in [0.25, 0.3) is 0 Å². The van der Waals surface area contributed by atoms with Gasteiger partial charge in [-0.1, -0.05) is 30.3 Å². The Kier molecular flexibility index (Phi) is 4.67. The molecular weight excluding hydrogens is 304 g/mol. The Morgan fingerprint density at radius 1 is 1.14 bits per heavy atom. The first kappa shape index (κ1) is 15.8. The molecule has 0 saturated carbocycles. The highest BCUT2D eigenvalue weighted by molar-refractivity contribution is 7.92. The predicted octanol–water partition coefficient (Wildman–Crippen LogP) is 1.48. The lowest BCUT2D eigenvalue weighted by atomic mass is 10.2. The first-order valence-electron chi connectivity index (χ1n) is 6.54. The van der Waals surface area contributed by atoms with Gasteiger partial charge in [-0.2, -0.15) is 0 Å². The SMILES string of the molecule is NC(=O)c1ccc(NS(=O)(=O)CCc2ccccc2)c(O)c1. The summed E-state index contributed by atoms with van der Waals surface area (Å²) in [5, 5.41) is 9.75. The molecule has 2 aromatic rings. The molecule has 0 aliphatic rings. The van der Waals surface area contributed by atoms with E-state index in [-0.39, 0.29) is 22.8 Å². The molecule has 0 heterocycles. The highest BCUT2D eigenvalue weighted by Crippen LogP contribution is 2.25. The topological polar surface area (TPSA) is 109 Å². The smallest absolute Gasteiger partial charge is 0.248 e. The number of hydrogen-bond acceptors (Lipinski definition) is 4. The van der Waals surface area contributed by atoms with Crippen molar-refractivity contribution in [3.63, 3.8) is 0 Å². The molecule has 0 aromatic heterocycles. The maximum Gasteiger partial charge on any atom is 0.248 e. The Hall–Kier alpha value is -2.54. The van der Waals surface area contributed by atoms with E-state index in [1.54, 1.807) is 0 Å². The highest BCUT2D eigenvalue weighted by atomic mass is 32.2. The van der Waals surface area contributed by atoms with Crippen molar-refractivity contribution in [3.05, 3.63) is 59.7 Å². The molecule has 2 aromatic carbocycles. The third-order valence-electron chi connectivity index (χ3n) is 3.05. The molecule has 0 atom stereocenters. The number of primary amides is 1. The number of phenols is 1.